The topological polar surface area (TPSA) is 0 Å². The van der Waals surface area contributed by atoms with Gasteiger partial charge in [0.2, 0.25) is 0 Å². The minimum atomic E-state index is -0.410. The van der Waals surface area contributed by atoms with Gasteiger partial charge in [-0.3, -0.25) is 0 Å². The number of benzene rings is 6. The summed E-state index contributed by atoms with van der Waals surface area (Å²) in [6.45, 7) is 2.08. The van der Waals surface area contributed by atoms with Crippen LogP contribution in [0, 0.1) is 12.3 Å². The van der Waals surface area contributed by atoms with E-state index in [-0.39, 0.29) is 0 Å². The van der Waals surface area contributed by atoms with E-state index in [1.165, 1.54) is 83.5 Å². The molecule has 0 aliphatic heterocycles. The maximum absolute atomic E-state index is 5.67. The third-order valence-corrected chi connectivity index (χ3v) is 9.87. The SMILES string of the molecule is C#Cc1ccc(-c2ccc3c(c2)C2(c4ccccc4-3)c3ccccc3-c3cc4c(cc32)-c2ccccc2/C4=C/C=C\C)cc1. The minimum Gasteiger partial charge on any atom is -0.115 e. The van der Waals surface area contributed by atoms with Crippen LogP contribution in [0.5, 0.6) is 0 Å². The molecule has 9 rings (SSSR count). The van der Waals surface area contributed by atoms with Crippen molar-refractivity contribution >= 4 is 5.57 Å². The summed E-state index contributed by atoms with van der Waals surface area (Å²) in [4.78, 5) is 0. The lowest BCUT2D eigenvalue weighted by atomic mass is 9.70. The number of allylic oxidation sites excluding steroid dienone is 3. The van der Waals surface area contributed by atoms with Gasteiger partial charge in [0.15, 0.2) is 0 Å². The molecule has 0 bridgehead atoms. The standard InChI is InChI=1S/C44H28/c1-3-5-12-32-31-13-6-7-14-33(31)38-27-43-39(26-37(32)38)35-16-9-11-18-41(35)44(43)40-17-10-8-15-34(40)36-24-23-30(25-42(36)44)29-21-19-28(4-2)20-22-29/h2-3,5-27H,1H3/b5-3-,32-12-. The summed E-state index contributed by atoms with van der Waals surface area (Å²) >= 11 is 0. The fourth-order valence-electron chi connectivity index (χ4n) is 8.04. The van der Waals surface area contributed by atoms with E-state index in [0.29, 0.717) is 0 Å². The van der Waals surface area contributed by atoms with Gasteiger partial charge in [0.05, 0.1) is 5.41 Å². The maximum atomic E-state index is 5.67. The Morgan fingerprint density at radius 3 is 1.80 bits per heavy atom. The Kier molecular flexibility index (Phi) is 5.20. The fourth-order valence-corrected chi connectivity index (χ4v) is 8.04. The van der Waals surface area contributed by atoms with Crippen LogP contribution in [0.3, 0.4) is 0 Å². The van der Waals surface area contributed by atoms with Crippen molar-refractivity contribution in [2.45, 2.75) is 12.3 Å². The van der Waals surface area contributed by atoms with E-state index in [2.05, 4.69) is 146 Å². The van der Waals surface area contributed by atoms with Gasteiger partial charge in [0, 0.05) is 5.56 Å². The summed E-state index contributed by atoms with van der Waals surface area (Å²) in [7, 11) is 0. The van der Waals surface area contributed by atoms with E-state index in [1.807, 2.05) is 12.1 Å². The third-order valence-electron chi connectivity index (χ3n) is 9.87. The van der Waals surface area contributed by atoms with Crippen molar-refractivity contribution in [3.8, 4) is 56.9 Å². The van der Waals surface area contributed by atoms with Gasteiger partial charge in [0.1, 0.15) is 0 Å². The number of terminal acetylenes is 1. The largest absolute Gasteiger partial charge is 0.115 e. The smallest absolute Gasteiger partial charge is 0.0725 e. The summed E-state index contributed by atoms with van der Waals surface area (Å²) in [5.74, 6) is 2.75. The number of fused-ring (bicyclic) bond motifs is 13. The van der Waals surface area contributed by atoms with E-state index in [9.17, 15) is 0 Å². The molecular formula is C44H28. The molecule has 3 aliphatic carbocycles. The van der Waals surface area contributed by atoms with Crippen LogP contribution < -0.4 is 0 Å². The first-order chi connectivity index (χ1) is 21.7. The second-order valence-corrected chi connectivity index (χ2v) is 11.9. The zero-order chi connectivity index (χ0) is 29.4. The van der Waals surface area contributed by atoms with Crippen LogP contribution >= 0.6 is 0 Å². The predicted molar refractivity (Wildman–Crippen MR) is 183 cm³/mol. The molecule has 0 amide bonds. The average Bonchev–Trinajstić information content (AvgIpc) is 3.67. The van der Waals surface area contributed by atoms with Crippen molar-refractivity contribution in [3.63, 3.8) is 0 Å². The molecule has 0 radical (unpaired) electrons. The molecule has 44 heavy (non-hydrogen) atoms. The van der Waals surface area contributed by atoms with Gasteiger partial charge in [-0.2, -0.15) is 0 Å². The first kappa shape index (κ1) is 24.9. The molecule has 1 unspecified atom stereocenters. The highest BCUT2D eigenvalue weighted by molar-refractivity contribution is 6.05. The number of rotatable bonds is 2. The van der Waals surface area contributed by atoms with Crippen molar-refractivity contribution in [1.82, 2.24) is 0 Å². The summed E-state index contributed by atoms with van der Waals surface area (Å²) in [6, 6.07) is 47.3. The molecule has 0 fully saturated rings. The van der Waals surface area contributed by atoms with Crippen LogP contribution in [-0.2, 0) is 5.41 Å². The Balaban J connectivity index is 1.38. The Bertz CT molecular complexity index is 2280. The second kappa shape index (κ2) is 9.18. The Morgan fingerprint density at radius 2 is 1.09 bits per heavy atom. The quantitative estimate of drug-likeness (QED) is 0.186. The highest BCUT2D eigenvalue weighted by atomic mass is 14.5. The zero-order valence-corrected chi connectivity index (χ0v) is 24.4. The van der Waals surface area contributed by atoms with E-state index in [1.54, 1.807) is 0 Å². The summed E-state index contributed by atoms with van der Waals surface area (Å²) in [5, 5.41) is 0. The van der Waals surface area contributed by atoms with E-state index >= 15 is 0 Å². The van der Waals surface area contributed by atoms with E-state index in [4.69, 9.17) is 6.42 Å². The molecule has 6 aromatic carbocycles. The van der Waals surface area contributed by atoms with Crippen molar-refractivity contribution < 1.29 is 0 Å². The molecule has 204 valence electrons. The molecule has 3 aliphatic rings. The normalized spacial score (nSPS) is 17.2. The van der Waals surface area contributed by atoms with Crippen molar-refractivity contribution in [2.75, 3.05) is 0 Å². The van der Waals surface area contributed by atoms with Gasteiger partial charge in [-0.15, -0.1) is 6.42 Å². The molecule has 0 nitrogen and oxygen atoms in total. The van der Waals surface area contributed by atoms with Gasteiger partial charge in [0.25, 0.3) is 0 Å². The Labute approximate surface area is 258 Å². The van der Waals surface area contributed by atoms with Crippen LogP contribution in [0.4, 0.5) is 0 Å². The van der Waals surface area contributed by atoms with Crippen molar-refractivity contribution in [2.24, 2.45) is 0 Å². The molecule has 1 atom stereocenters. The van der Waals surface area contributed by atoms with Gasteiger partial charge >= 0.3 is 0 Å². The van der Waals surface area contributed by atoms with Crippen LogP contribution in [0.15, 0.2) is 146 Å². The lowest BCUT2D eigenvalue weighted by Crippen LogP contribution is -2.26. The Hall–Kier alpha value is -5.64. The van der Waals surface area contributed by atoms with Gasteiger partial charge in [-0.1, -0.05) is 121 Å². The van der Waals surface area contributed by atoms with Crippen LogP contribution in [-0.4, -0.2) is 0 Å². The molecule has 0 aromatic heterocycles. The summed E-state index contributed by atoms with van der Waals surface area (Å²) in [6.07, 6.45) is 12.2. The van der Waals surface area contributed by atoms with Crippen LogP contribution in [0.2, 0.25) is 0 Å². The third kappa shape index (κ3) is 3.14. The van der Waals surface area contributed by atoms with Crippen molar-refractivity contribution in [1.29, 1.82) is 0 Å². The molecule has 6 aromatic rings. The molecule has 0 heteroatoms. The van der Waals surface area contributed by atoms with Gasteiger partial charge in [-0.05, 0) is 121 Å². The van der Waals surface area contributed by atoms with E-state index in [0.717, 1.165) is 5.56 Å². The molecule has 0 saturated heterocycles. The molecule has 0 N–H and O–H groups in total. The average molecular weight is 557 g/mol. The maximum Gasteiger partial charge on any atom is 0.0725 e. The predicted octanol–water partition coefficient (Wildman–Crippen LogP) is 10.7. The number of hydrogen-bond donors (Lipinski definition) is 0. The minimum absolute atomic E-state index is 0.410. The number of hydrogen-bond acceptors (Lipinski definition) is 0. The second-order valence-electron chi connectivity index (χ2n) is 11.9. The van der Waals surface area contributed by atoms with Crippen molar-refractivity contribution in [3.05, 3.63) is 185 Å². The monoisotopic (exact) mass is 556 g/mol. The van der Waals surface area contributed by atoms with Gasteiger partial charge < -0.3 is 0 Å². The van der Waals surface area contributed by atoms with Gasteiger partial charge in [-0.25, -0.2) is 0 Å². The summed E-state index contributed by atoms with van der Waals surface area (Å²) in [5.41, 5.74) is 20.1. The highest BCUT2D eigenvalue weighted by Gasteiger charge is 2.52. The zero-order valence-electron chi connectivity index (χ0n) is 24.4. The van der Waals surface area contributed by atoms with E-state index < -0.39 is 5.41 Å². The Morgan fingerprint density at radius 1 is 0.500 bits per heavy atom. The molecule has 0 heterocycles. The molecular weight excluding hydrogens is 528 g/mol. The fraction of sp³-hybridized carbons (Fsp3) is 0.0455. The van der Waals surface area contributed by atoms with Crippen LogP contribution in [0.25, 0.3) is 50.1 Å². The summed E-state index contributed by atoms with van der Waals surface area (Å²) < 4.78 is 0. The lowest BCUT2D eigenvalue weighted by molar-refractivity contribution is 0.794. The first-order valence-electron chi connectivity index (χ1n) is 15.3. The first-order valence-corrected chi connectivity index (χ1v) is 15.3. The highest BCUT2D eigenvalue weighted by Crippen LogP contribution is 2.64. The molecule has 0 saturated carbocycles. The lowest BCUT2D eigenvalue weighted by Gasteiger charge is -2.31. The van der Waals surface area contributed by atoms with Crippen LogP contribution in [0.1, 0.15) is 45.9 Å². The molecule has 1 spiro atoms.